The standard InChI is InChI=1S/C24H27N3O3/c1-3-25-17-21(20-11-7-8-12-22(20)25)24(29)30-18(2)23(28)27-15-13-26(14-16-27)19-9-5-4-6-10-19/h4-12,17-18H,3,13-16H2,1-2H3. The molecule has 1 aliphatic heterocycles. The van der Waals surface area contributed by atoms with Crippen LogP contribution in [0.5, 0.6) is 0 Å². The molecule has 6 nitrogen and oxygen atoms in total. The van der Waals surface area contributed by atoms with E-state index in [0.717, 1.165) is 36.2 Å². The van der Waals surface area contributed by atoms with Crippen molar-refractivity contribution in [2.24, 2.45) is 0 Å². The van der Waals surface area contributed by atoms with Gasteiger partial charge in [-0.15, -0.1) is 0 Å². The van der Waals surface area contributed by atoms with E-state index in [0.29, 0.717) is 18.7 Å². The zero-order valence-electron chi connectivity index (χ0n) is 17.5. The van der Waals surface area contributed by atoms with Crippen molar-refractivity contribution >= 4 is 28.5 Å². The molecule has 1 amide bonds. The number of benzene rings is 2. The molecular formula is C24H27N3O3. The van der Waals surface area contributed by atoms with Gasteiger partial charge in [-0.25, -0.2) is 4.79 Å². The topological polar surface area (TPSA) is 54.8 Å². The maximum absolute atomic E-state index is 12.9. The molecule has 1 fully saturated rings. The highest BCUT2D eigenvalue weighted by atomic mass is 16.5. The predicted octanol–water partition coefficient (Wildman–Crippen LogP) is 3.56. The summed E-state index contributed by atoms with van der Waals surface area (Å²) in [5, 5.41) is 0.848. The minimum Gasteiger partial charge on any atom is -0.449 e. The summed E-state index contributed by atoms with van der Waals surface area (Å²) in [7, 11) is 0. The predicted molar refractivity (Wildman–Crippen MR) is 118 cm³/mol. The second-order valence-corrected chi connectivity index (χ2v) is 7.54. The Morgan fingerprint density at radius 3 is 2.33 bits per heavy atom. The van der Waals surface area contributed by atoms with Gasteiger partial charge in [-0.2, -0.15) is 0 Å². The number of nitrogens with zero attached hydrogens (tertiary/aromatic N) is 3. The summed E-state index contributed by atoms with van der Waals surface area (Å²) in [6.07, 6.45) is 0.993. The molecule has 156 valence electrons. The first-order valence-electron chi connectivity index (χ1n) is 10.5. The number of carbonyl (C=O) groups excluding carboxylic acids is 2. The molecule has 2 aromatic carbocycles. The molecule has 0 saturated carbocycles. The van der Waals surface area contributed by atoms with E-state index in [2.05, 4.69) is 17.0 Å². The average Bonchev–Trinajstić information content (AvgIpc) is 3.18. The zero-order valence-corrected chi connectivity index (χ0v) is 17.5. The molecule has 0 aliphatic carbocycles. The van der Waals surface area contributed by atoms with Crippen LogP contribution in [0.2, 0.25) is 0 Å². The van der Waals surface area contributed by atoms with Gasteiger partial charge in [0.15, 0.2) is 6.10 Å². The Hall–Kier alpha value is -3.28. The fourth-order valence-corrected chi connectivity index (χ4v) is 4.03. The van der Waals surface area contributed by atoms with Crippen LogP contribution in [0.15, 0.2) is 60.8 Å². The number of rotatable bonds is 5. The summed E-state index contributed by atoms with van der Waals surface area (Å²) < 4.78 is 7.59. The number of piperazine rings is 1. The number of esters is 1. The van der Waals surface area contributed by atoms with Gasteiger partial charge in [-0.05, 0) is 32.0 Å². The van der Waals surface area contributed by atoms with Crippen molar-refractivity contribution in [3.63, 3.8) is 0 Å². The monoisotopic (exact) mass is 405 g/mol. The van der Waals surface area contributed by atoms with Gasteiger partial charge < -0.3 is 19.1 Å². The van der Waals surface area contributed by atoms with E-state index in [9.17, 15) is 9.59 Å². The lowest BCUT2D eigenvalue weighted by molar-refractivity contribution is -0.140. The van der Waals surface area contributed by atoms with E-state index in [1.54, 1.807) is 11.8 Å². The first-order valence-corrected chi connectivity index (χ1v) is 10.5. The molecule has 0 spiro atoms. The Labute approximate surface area is 176 Å². The third-order valence-electron chi connectivity index (χ3n) is 5.69. The van der Waals surface area contributed by atoms with E-state index in [-0.39, 0.29) is 5.91 Å². The maximum Gasteiger partial charge on any atom is 0.341 e. The molecule has 30 heavy (non-hydrogen) atoms. The first-order chi connectivity index (χ1) is 14.6. The highest BCUT2D eigenvalue weighted by molar-refractivity contribution is 6.05. The maximum atomic E-state index is 12.9. The van der Waals surface area contributed by atoms with Crippen LogP contribution in [0.3, 0.4) is 0 Å². The summed E-state index contributed by atoms with van der Waals surface area (Å²) >= 11 is 0. The fraction of sp³-hybridized carbons (Fsp3) is 0.333. The Morgan fingerprint density at radius 1 is 0.967 bits per heavy atom. The lowest BCUT2D eigenvalue weighted by Crippen LogP contribution is -2.51. The molecule has 2 heterocycles. The van der Waals surface area contributed by atoms with Crippen molar-refractivity contribution in [3.8, 4) is 0 Å². The van der Waals surface area contributed by atoms with Crippen LogP contribution in [-0.2, 0) is 16.1 Å². The number of anilines is 1. The van der Waals surface area contributed by atoms with Crippen LogP contribution in [0, 0.1) is 0 Å². The highest BCUT2D eigenvalue weighted by Gasteiger charge is 2.28. The molecule has 0 bridgehead atoms. The summed E-state index contributed by atoms with van der Waals surface area (Å²) in [6, 6.07) is 17.9. The molecule has 1 unspecified atom stereocenters. The number of hydrogen-bond acceptors (Lipinski definition) is 4. The third kappa shape index (κ3) is 3.90. The van der Waals surface area contributed by atoms with Crippen LogP contribution >= 0.6 is 0 Å². The number of ether oxygens (including phenoxy) is 1. The molecule has 6 heteroatoms. The number of amides is 1. The van der Waals surface area contributed by atoms with E-state index >= 15 is 0 Å². The fourth-order valence-electron chi connectivity index (χ4n) is 4.03. The largest absolute Gasteiger partial charge is 0.449 e. The van der Waals surface area contributed by atoms with E-state index < -0.39 is 12.1 Å². The Bertz CT molecular complexity index is 1040. The van der Waals surface area contributed by atoms with Crippen molar-refractivity contribution in [1.82, 2.24) is 9.47 Å². The molecular weight excluding hydrogens is 378 g/mol. The molecule has 4 rings (SSSR count). The number of para-hydroxylation sites is 2. The second kappa shape index (κ2) is 8.61. The Balaban J connectivity index is 1.39. The molecule has 0 N–H and O–H groups in total. The number of aromatic nitrogens is 1. The summed E-state index contributed by atoms with van der Waals surface area (Å²) in [4.78, 5) is 29.7. The highest BCUT2D eigenvalue weighted by Crippen LogP contribution is 2.23. The second-order valence-electron chi connectivity index (χ2n) is 7.54. The number of aryl methyl sites for hydroxylation is 1. The van der Waals surface area contributed by atoms with Crippen LogP contribution in [0.1, 0.15) is 24.2 Å². The van der Waals surface area contributed by atoms with Gasteiger partial charge >= 0.3 is 5.97 Å². The average molecular weight is 405 g/mol. The minimum atomic E-state index is -0.815. The van der Waals surface area contributed by atoms with Gasteiger partial charge in [0.05, 0.1) is 5.56 Å². The smallest absolute Gasteiger partial charge is 0.341 e. The van der Waals surface area contributed by atoms with Gasteiger partial charge in [0.2, 0.25) is 0 Å². The SMILES string of the molecule is CCn1cc(C(=O)OC(C)C(=O)N2CCN(c3ccccc3)CC2)c2ccccc21. The quantitative estimate of drug-likeness (QED) is 0.609. The van der Waals surface area contributed by atoms with Crippen molar-refractivity contribution < 1.29 is 14.3 Å². The van der Waals surface area contributed by atoms with Crippen LogP contribution in [0.4, 0.5) is 5.69 Å². The Kier molecular flexibility index (Phi) is 5.74. The van der Waals surface area contributed by atoms with E-state index in [4.69, 9.17) is 4.74 Å². The van der Waals surface area contributed by atoms with Gasteiger partial charge in [-0.3, -0.25) is 4.79 Å². The van der Waals surface area contributed by atoms with Crippen molar-refractivity contribution in [2.75, 3.05) is 31.1 Å². The first kappa shape index (κ1) is 20.0. The van der Waals surface area contributed by atoms with E-state index in [1.807, 2.05) is 60.2 Å². The summed E-state index contributed by atoms with van der Waals surface area (Å²) in [5.74, 6) is -0.600. The van der Waals surface area contributed by atoms with Gasteiger partial charge in [-0.1, -0.05) is 36.4 Å². The number of fused-ring (bicyclic) bond motifs is 1. The lowest BCUT2D eigenvalue weighted by Gasteiger charge is -2.37. The van der Waals surface area contributed by atoms with E-state index in [1.165, 1.54) is 0 Å². The normalized spacial score (nSPS) is 15.3. The Morgan fingerprint density at radius 2 is 1.63 bits per heavy atom. The summed E-state index contributed by atoms with van der Waals surface area (Å²) in [5.41, 5.74) is 2.65. The molecule has 0 radical (unpaired) electrons. The van der Waals surface area contributed by atoms with Crippen molar-refractivity contribution in [2.45, 2.75) is 26.5 Å². The van der Waals surface area contributed by atoms with Gasteiger partial charge in [0.25, 0.3) is 5.91 Å². The zero-order chi connectivity index (χ0) is 21.1. The molecule has 1 aromatic heterocycles. The van der Waals surface area contributed by atoms with Crippen molar-refractivity contribution in [3.05, 3.63) is 66.4 Å². The molecule has 1 atom stereocenters. The number of carbonyl (C=O) groups is 2. The molecule has 1 aliphatic rings. The minimum absolute atomic E-state index is 0.143. The van der Waals surface area contributed by atoms with Crippen LogP contribution < -0.4 is 4.90 Å². The summed E-state index contributed by atoms with van der Waals surface area (Å²) in [6.45, 7) is 7.20. The van der Waals surface area contributed by atoms with Gasteiger partial charge in [0.1, 0.15) is 0 Å². The van der Waals surface area contributed by atoms with Crippen molar-refractivity contribution in [1.29, 1.82) is 0 Å². The van der Waals surface area contributed by atoms with Gasteiger partial charge in [0, 0.05) is 55.5 Å². The molecule has 3 aromatic rings. The lowest BCUT2D eigenvalue weighted by atomic mass is 10.2. The van der Waals surface area contributed by atoms with Crippen LogP contribution in [0.25, 0.3) is 10.9 Å². The number of hydrogen-bond donors (Lipinski definition) is 0. The third-order valence-corrected chi connectivity index (χ3v) is 5.69. The molecule has 1 saturated heterocycles. The van der Waals surface area contributed by atoms with Crippen LogP contribution in [-0.4, -0.2) is 53.6 Å².